The Bertz CT molecular complexity index is 84.4. The van der Waals surface area contributed by atoms with Gasteiger partial charge in [0.25, 0.3) is 0 Å². The Morgan fingerprint density at radius 2 is 2.44 bits per heavy atom. The summed E-state index contributed by atoms with van der Waals surface area (Å²) in [6.45, 7) is 1.10. The molecule has 1 aliphatic rings. The van der Waals surface area contributed by atoms with Gasteiger partial charge in [0.05, 0.1) is 6.17 Å². The van der Waals surface area contributed by atoms with Gasteiger partial charge in [0, 0.05) is 6.04 Å². The number of piperidine rings is 1. The average Bonchev–Trinajstić information content (AvgIpc) is 1.89. The maximum atomic E-state index is 5.76. The van der Waals surface area contributed by atoms with Crippen LogP contribution in [0, 0.1) is 0 Å². The van der Waals surface area contributed by atoms with Gasteiger partial charge in [-0.2, -0.15) is 0 Å². The molecule has 1 fully saturated rings. The highest BCUT2D eigenvalue weighted by atomic mass is 15.1. The van der Waals surface area contributed by atoms with E-state index in [9.17, 15) is 0 Å². The number of rotatable bonds is 1. The number of hydrogen-bond donors (Lipinski definition) is 3. The van der Waals surface area contributed by atoms with E-state index in [-0.39, 0.29) is 0 Å². The van der Waals surface area contributed by atoms with Crippen LogP contribution in [0.2, 0.25) is 0 Å². The second-order valence-electron chi connectivity index (χ2n) is 2.53. The molecule has 2 atom stereocenters. The van der Waals surface area contributed by atoms with Gasteiger partial charge in [-0.1, -0.05) is 0 Å². The first-order valence-corrected chi connectivity index (χ1v) is 3.51. The SMILES string of the molecule is CNC1NCCCC1N. The number of likely N-dealkylation sites (N-methyl/N-ethyl adjacent to an activating group) is 1. The molecular formula is C6H15N3. The van der Waals surface area contributed by atoms with E-state index in [1.807, 2.05) is 7.05 Å². The van der Waals surface area contributed by atoms with Gasteiger partial charge >= 0.3 is 0 Å². The summed E-state index contributed by atoms with van der Waals surface area (Å²) in [6.07, 6.45) is 2.68. The third-order valence-corrected chi connectivity index (χ3v) is 1.82. The smallest absolute Gasteiger partial charge is 0.0725 e. The largest absolute Gasteiger partial charge is 0.325 e. The molecule has 1 saturated heterocycles. The topological polar surface area (TPSA) is 50.1 Å². The van der Waals surface area contributed by atoms with Crippen LogP contribution in [0.1, 0.15) is 12.8 Å². The second kappa shape index (κ2) is 3.15. The van der Waals surface area contributed by atoms with Crippen LogP contribution in [0.4, 0.5) is 0 Å². The number of hydrogen-bond acceptors (Lipinski definition) is 3. The van der Waals surface area contributed by atoms with E-state index in [1.165, 1.54) is 6.42 Å². The summed E-state index contributed by atoms with van der Waals surface area (Å²) in [6, 6.07) is 0.295. The van der Waals surface area contributed by atoms with E-state index in [0.29, 0.717) is 12.2 Å². The van der Waals surface area contributed by atoms with Crippen molar-refractivity contribution >= 4 is 0 Å². The molecule has 54 valence electrons. The van der Waals surface area contributed by atoms with E-state index >= 15 is 0 Å². The van der Waals surface area contributed by atoms with Crippen molar-refractivity contribution in [1.82, 2.24) is 10.6 Å². The van der Waals surface area contributed by atoms with Gasteiger partial charge in [0.1, 0.15) is 0 Å². The van der Waals surface area contributed by atoms with Crippen LogP contribution < -0.4 is 16.4 Å². The van der Waals surface area contributed by atoms with Crippen molar-refractivity contribution in [3.63, 3.8) is 0 Å². The average molecular weight is 129 g/mol. The highest BCUT2D eigenvalue weighted by Gasteiger charge is 2.18. The molecule has 4 N–H and O–H groups in total. The van der Waals surface area contributed by atoms with Crippen molar-refractivity contribution in [3.05, 3.63) is 0 Å². The first-order valence-electron chi connectivity index (χ1n) is 3.51. The summed E-state index contributed by atoms with van der Waals surface area (Å²) < 4.78 is 0. The minimum Gasteiger partial charge on any atom is -0.325 e. The van der Waals surface area contributed by atoms with Gasteiger partial charge in [0.2, 0.25) is 0 Å². The standard InChI is InChI=1S/C6H15N3/c1-8-6-5(7)3-2-4-9-6/h5-6,8-9H,2-4,7H2,1H3. The fourth-order valence-corrected chi connectivity index (χ4v) is 1.23. The van der Waals surface area contributed by atoms with E-state index in [0.717, 1.165) is 13.0 Å². The summed E-state index contributed by atoms with van der Waals surface area (Å²) in [7, 11) is 1.93. The molecule has 0 spiro atoms. The molecule has 0 aromatic heterocycles. The molecule has 1 heterocycles. The summed E-state index contributed by atoms with van der Waals surface area (Å²) in [5, 5.41) is 6.40. The summed E-state index contributed by atoms with van der Waals surface area (Å²) in [5.74, 6) is 0. The zero-order valence-electron chi connectivity index (χ0n) is 5.85. The Kier molecular flexibility index (Phi) is 2.45. The highest BCUT2D eigenvalue weighted by molar-refractivity contribution is 4.80. The van der Waals surface area contributed by atoms with Crippen LogP contribution in [-0.2, 0) is 0 Å². The van der Waals surface area contributed by atoms with Crippen molar-refractivity contribution in [1.29, 1.82) is 0 Å². The lowest BCUT2D eigenvalue weighted by molar-refractivity contribution is 0.317. The van der Waals surface area contributed by atoms with Gasteiger partial charge in [-0.05, 0) is 26.4 Å². The minimum absolute atomic E-state index is 0.295. The molecule has 0 radical (unpaired) electrons. The summed E-state index contributed by atoms with van der Waals surface area (Å²) in [4.78, 5) is 0. The maximum absolute atomic E-state index is 5.76. The van der Waals surface area contributed by atoms with E-state index < -0.39 is 0 Å². The molecule has 0 aromatic rings. The Morgan fingerprint density at radius 1 is 1.67 bits per heavy atom. The maximum Gasteiger partial charge on any atom is 0.0725 e. The summed E-state index contributed by atoms with van der Waals surface area (Å²) in [5.41, 5.74) is 5.76. The molecule has 2 unspecified atom stereocenters. The van der Waals surface area contributed by atoms with Gasteiger partial charge in [-0.15, -0.1) is 0 Å². The molecule has 1 rings (SSSR count). The number of nitrogens with one attached hydrogen (secondary N) is 2. The lowest BCUT2D eigenvalue weighted by atomic mass is 10.1. The quantitative estimate of drug-likeness (QED) is 0.436. The van der Waals surface area contributed by atoms with Crippen LogP contribution in [0.3, 0.4) is 0 Å². The van der Waals surface area contributed by atoms with Gasteiger partial charge in [-0.25, -0.2) is 0 Å². The fourth-order valence-electron chi connectivity index (χ4n) is 1.23. The molecule has 9 heavy (non-hydrogen) atoms. The van der Waals surface area contributed by atoms with Crippen molar-refractivity contribution in [2.75, 3.05) is 13.6 Å². The van der Waals surface area contributed by atoms with Crippen LogP contribution in [0.25, 0.3) is 0 Å². The van der Waals surface area contributed by atoms with E-state index in [2.05, 4.69) is 10.6 Å². The normalized spacial score (nSPS) is 36.7. The first kappa shape index (κ1) is 6.99. The van der Waals surface area contributed by atoms with Crippen LogP contribution >= 0.6 is 0 Å². The molecule has 0 amide bonds. The molecule has 0 aromatic carbocycles. The zero-order valence-corrected chi connectivity index (χ0v) is 5.85. The van der Waals surface area contributed by atoms with E-state index in [1.54, 1.807) is 0 Å². The second-order valence-corrected chi connectivity index (χ2v) is 2.53. The lowest BCUT2D eigenvalue weighted by Crippen LogP contribution is -2.56. The van der Waals surface area contributed by atoms with E-state index in [4.69, 9.17) is 5.73 Å². The minimum atomic E-state index is 0.295. The van der Waals surface area contributed by atoms with Gasteiger partial charge in [0.15, 0.2) is 0 Å². The molecule has 0 bridgehead atoms. The van der Waals surface area contributed by atoms with Crippen molar-refractivity contribution < 1.29 is 0 Å². The third kappa shape index (κ3) is 1.64. The van der Waals surface area contributed by atoms with Crippen molar-refractivity contribution in [2.45, 2.75) is 25.0 Å². The van der Waals surface area contributed by atoms with Crippen molar-refractivity contribution in [3.8, 4) is 0 Å². The monoisotopic (exact) mass is 129 g/mol. The van der Waals surface area contributed by atoms with Gasteiger partial charge in [-0.3, -0.25) is 0 Å². The molecule has 3 heteroatoms. The predicted octanol–water partition coefficient (Wildman–Crippen LogP) is -0.757. The molecular weight excluding hydrogens is 114 g/mol. The van der Waals surface area contributed by atoms with Crippen LogP contribution in [0.15, 0.2) is 0 Å². The lowest BCUT2D eigenvalue weighted by Gasteiger charge is -2.29. The molecule has 1 aliphatic heterocycles. The highest BCUT2D eigenvalue weighted by Crippen LogP contribution is 2.02. The number of nitrogens with two attached hydrogens (primary N) is 1. The fraction of sp³-hybridized carbons (Fsp3) is 1.00. The Hall–Kier alpha value is -0.120. The predicted molar refractivity (Wildman–Crippen MR) is 38.1 cm³/mol. The third-order valence-electron chi connectivity index (χ3n) is 1.82. The van der Waals surface area contributed by atoms with Crippen molar-refractivity contribution in [2.24, 2.45) is 5.73 Å². The Morgan fingerprint density at radius 3 is 2.89 bits per heavy atom. The summed E-state index contributed by atoms with van der Waals surface area (Å²) >= 11 is 0. The Labute approximate surface area is 56.0 Å². The zero-order chi connectivity index (χ0) is 6.69. The molecule has 0 aliphatic carbocycles. The molecule has 0 saturated carbocycles. The molecule has 3 nitrogen and oxygen atoms in total. The Balaban J connectivity index is 2.30. The van der Waals surface area contributed by atoms with Crippen LogP contribution in [0.5, 0.6) is 0 Å². The van der Waals surface area contributed by atoms with Gasteiger partial charge < -0.3 is 16.4 Å². The first-order chi connectivity index (χ1) is 4.34. The van der Waals surface area contributed by atoms with Crippen LogP contribution in [-0.4, -0.2) is 25.8 Å².